The van der Waals surface area contributed by atoms with E-state index in [-0.39, 0.29) is 0 Å². The van der Waals surface area contributed by atoms with Crippen molar-refractivity contribution in [3.8, 4) is 0 Å². The zero-order valence-electron chi connectivity index (χ0n) is 12.3. The number of H-pyrrole nitrogens is 2. The molecule has 2 heterocycles. The molecule has 0 atom stereocenters. The van der Waals surface area contributed by atoms with Gasteiger partial charge < -0.3 is 9.97 Å². The molecule has 0 spiro atoms. The molecule has 2 N–H and O–H groups in total. The van der Waals surface area contributed by atoms with Crippen LogP contribution in [-0.2, 0) is 0 Å². The Kier molecular flexibility index (Phi) is 3.42. The van der Waals surface area contributed by atoms with Crippen LogP contribution in [0.3, 0.4) is 0 Å². The highest BCUT2D eigenvalue weighted by Gasteiger charge is 2.11. The molecule has 24 heavy (non-hydrogen) atoms. The molecule has 7 heteroatoms. The zero-order valence-corrected chi connectivity index (χ0v) is 13.9. The van der Waals surface area contributed by atoms with E-state index < -0.39 is 11.2 Å². The van der Waals surface area contributed by atoms with Gasteiger partial charge in [-0.3, -0.25) is 4.79 Å². The predicted molar refractivity (Wildman–Crippen MR) is 97.8 cm³/mol. The number of hydrogen-bond donors (Lipinski definition) is 2. The highest BCUT2D eigenvalue weighted by Crippen LogP contribution is 2.19. The largest absolute Gasteiger partial charge is 0.350 e. The Bertz CT molecular complexity index is 1200. The van der Waals surface area contributed by atoms with E-state index in [1.165, 1.54) is 6.21 Å². The van der Waals surface area contributed by atoms with Crippen molar-refractivity contribution in [3.63, 3.8) is 0 Å². The first-order valence-electron chi connectivity index (χ1n) is 7.19. The molecule has 0 saturated carbocycles. The summed E-state index contributed by atoms with van der Waals surface area (Å²) in [4.78, 5) is 30.6. The van der Waals surface area contributed by atoms with Gasteiger partial charge in [0.1, 0.15) is 5.52 Å². The lowest BCUT2D eigenvalue weighted by Crippen LogP contribution is -2.32. The molecule has 6 nitrogen and oxygen atoms in total. The number of aromatic nitrogens is 3. The highest BCUT2D eigenvalue weighted by molar-refractivity contribution is 9.10. The standard InChI is InChI=1S/C17H11BrN4O2/c18-11-7-5-10(6-8-11)9-19-22-16(23)15-14(21-17(22)24)12-3-1-2-4-13(12)20-15/h1-9,20H,(H,21,24)/b19-9+. The maximum atomic E-state index is 12.6. The van der Waals surface area contributed by atoms with E-state index in [1.54, 1.807) is 0 Å². The number of aromatic amines is 2. The number of hydrogen-bond acceptors (Lipinski definition) is 3. The quantitative estimate of drug-likeness (QED) is 0.522. The summed E-state index contributed by atoms with van der Waals surface area (Å²) in [5.74, 6) is 0. The summed E-state index contributed by atoms with van der Waals surface area (Å²) in [5, 5.41) is 4.82. The molecule has 0 amide bonds. The van der Waals surface area contributed by atoms with E-state index >= 15 is 0 Å². The van der Waals surface area contributed by atoms with Gasteiger partial charge in [-0.25, -0.2) is 4.79 Å². The van der Waals surface area contributed by atoms with Gasteiger partial charge in [-0.2, -0.15) is 5.10 Å². The number of benzene rings is 2. The van der Waals surface area contributed by atoms with Crippen molar-refractivity contribution >= 4 is 44.1 Å². The second kappa shape index (κ2) is 5.61. The predicted octanol–water partition coefficient (Wildman–Crippen LogP) is 2.82. The van der Waals surface area contributed by atoms with Crippen LogP contribution in [0.5, 0.6) is 0 Å². The Balaban J connectivity index is 1.90. The van der Waals surface area contributed by atoms with E-state index in [0.717, 1.165) is 25.6 Å². The number of para-hydroxylation sites is 1. The third-order valence-electron chi connectivity index (χ3n) is 3.73. The molecule has 0 aliphatic rings. The molecule has 0 fully saturated rings. The molecule has 2 aromatic carbocycles. The second-order valence-electron chi connectivity index (χ2n) is 5.26. The van der Waals surface area contributed by atoms with Crippen molar-refractivity contribution in [2.75, 3.05) is 0 Å². The van der Waals surface area contributed by atoms with Crippen LogP contribution in [0, 0.1) is 0 Å². The molecule has 0 aliphatic carbocycles. The van der Waals surface area contributed by atoms with E-state index in [2.05, 4.69) is 31.0 Å². The number of rotatable bonds is 2. The minimum absolute atomic E-state index is 0.323. The van der Waals surface area contributed by atoms with Gasteiger partial charge >= 0.3 is 11.2 Å². The second-order valence-corrected chi connectivity index (χ2v) is 6.18. The fraction of sp³-hybridized carbons (Fsp3) is 0. The van der Waals surface area contributed by atoms with Gasteiger partial charge in [0, 0.05) is 15.4 Å². The molecule has 2 aromatic heterocycles. The van der Waals surface area contributed by atoms with E-state index in [4.69, 9.17) is 0 Å². The normalized spacial score (nSPS) is 11.7. The lowest BCUT2D eigenvalue weighted by Gasteiger charge is -1.98. The van der Waals surface area contributed by atoms with Crippen molar-refractivity contribution in [2.45, 2.75) is 0 Å². The van der Waals surface area contributed by atoms with Crippen molar-refractivity contribution in [1.29, 1.82) is 0 Å². The van der Waals surface area contributed by atoms with E-state index in [1.807, 2.05) is 48.5 Å². The first kappa shape index (κ1) is 14.6. The van der Waals surface area contributed by atoms with Gasteiger partial charge in [0.15, 0.2) is 0 Å². The summed E-state index contributed by atoms with van der Waals surface area (Å²) in [5.41, 5.74) is 1.32. The van der Waals surface area contributed by atoms with Crippen molar-refractivity contribution < 1.29 is 0 Å². The maximum Gasteiger partial charge on any atom is 0.350 e. The van der Waals surface area contributed by atoms with Crippen LogP contribution < -0.4 is 11.2 Å². The van der Waals surface area contributed by atoms with E-state index in [9.17, 15) is 9.59 Å². The van der Waals surface area contributed by atoms with Gasteiger partial charge in [0.2, 0.25) is 0 Å². The lowest BCUT2D eigenvalue weighted by molar-refractivity contribution is 0.770. The van der Waals surface area contributed by atoms with Crippen molar-refractivity contribution in [3.05, 3.63) is 79.4 Å². The van der Waals surface area contributed by atoms with Crippen LogP contribution in [-0.4, -0.2) is 20.9 Å². The summed E-state index contributed by atoms with van der Waals surface area (Å²) in [6, 6.07) is 14.8. The molecule has 0 saturated heterocycles. The highest BCUT2D eigenvalue weighted by atomic mass is 79.9. The van der Waals surface area contributed by atoms with Crippen LogP contribution in [0.1, 0.15) is 5.56 Å². The van der Waals surface area contributed by atoms with Gasteiger partial charge in [0.25, 0.3) is 0 Å². The van der Waals surface area contributed by atoms with Crippen molar-refractivity contribution in [1.82, 2.24) is 14.6 Å². The average molecular weight is 383 g/mol. The van der Waals surface area contributed by atoms with E-state index in [0.29, 0.717) is 11.0 Å². The van der Waals surface area contributed by atoms with Crippen LogP contribution >= 0.6 is 15.9 Å². The third-order valence-corrected chi connectivity index (χ3v) is 4.26. The van der Waals surface area contributed by atoms with Gasteiger partial charge in [-0.05, 0) is 23.8 Å². The monoisotopic (exact) mass is 382 g/mol. The topological polar surface area (TPSA) is 83.0 Å². The van der Waals surface area contributed by atoms with Crippen LogP contribution in [0.4, 0.5) is 0 Å². The van der Waals surface area contributed by atoms with Crippen LogP contribution in [0.2, 0.25) is 0 Å². The zero-order chi connectivity index (χ0) is 16.7. The Morgan fingerprint density at radius 3 is 2.50 bits per heavy atom. The van der Waals surface area contributed by atoms with Crippen LogP contribution in [0.15, 0.2) is 67.7 Å². The smallest absolute Gasteiger partial charge is 0.349 e. The van der Waals surface area contributed by atoms with Gasteiger partial charge in [0.05, 0.1) is 11.7 Å². The molecule has 0 radical (unpaired) electrons. The molecule has 0 unspecified atom stereocenters. The first-order chi connectivity index (χ1) is 11.6. The Hall–Kier alpha value is -2.93. The summed E-state index contributed by atoms with van der Waals surface area (Å²) < 4.78 is 1.76. The summed E-state index contributed by atoms with van der Waals surface area (Å²) in [7, 11) is 0. The summed E-state index contributed by atoms with van der Waals surface area (Å²) >= 11 is 3.35. The Morgan fingerprint density at radius 2 is 1.71 bits per heavy atom. The number of fused-ring (bicyclic) bond motifs is 3. The molecule has 0 aliphatic heterocycles. The maximum absolute atomic E-state index is 12.6. The average Bonchev–Trinajstić information content (AvgIpc) is 2.95. The summed E-state index contributed by atoms with van der Waals surface area (Å²) in [6.07, 6.45) is 1.47. The molecule has 4 rings (SSSR count). The minimum Gasteiger partial charge on any atom is -0.349 e. The third kappa shape index (κ3) is 2.39. The van der Waals surface area contributed by atoms with Gasteiger partial charge in [-0.15, -0.1) is 4.68 Å². The number of nitrogens with zero attached hydrogens (tertiary/aromatic N) is 2. The molecule has 0 bridgehead atoms. The number of halogens is 1. The number of nitrogens with one attached hydrogen (secondary N) is 2. The Morgan fingerprint density at radius 1 is 0.958 bits per heavy atom. The lowest BCUT2D eigenvalue weighted by atomic mass is 10.2. The van der Waals surface area contributed by atoms with Gasteiger partial charge in [-0.1, -0.05) is 46.3 Å². The molecule has 118 valence electrons. The van der Waals surface area contributed by atoms with Crippen molar-refractivity contribution in [2.24, 2.45) is 5.10 Å². The molecule has 4 aromatic rings. The SMILES string of the molecule is O=c1[nH]c2c([nH]c3ccccc32)c(=O)n1/N=C/c1ccc(Br)cc1. The fourth-order valence-electron chi connectivity index (χ4n) is 2.57. The summed E-state index contributed by atoms with van der Waals surface area (Å²) in [6.45, 7) is 0. The molecular formula is C17H11BrN4O2. The fourth-order valence-corrected chi connectivity index (χ4v) is 2.83. The first-order valence-corrected chi connectivity index (χ1v) is 7.98. The molecular weight excluding hydrogens is 372 g/mol. The minimum atomic E-state index is -0.578. The Labute approximate surface area is 143 Å². The van der Waals surface area contributed by atoms with Crippen LogP contribution in [0.25, 0.3) is 21.9 Å².